The first-order valence-corrected chi connectivity index (χ1v) is 4.86. The van der Waals surface area contributed by atoms with Crippen molar-refractivity contribution in [2.75, 3.05) is 14.1 Å². The number of nitrogens with zero attached hydrogens (tertiary/aromatic N) is 1. The van der Waals surface area contributed by atoms with Crippen molar-refractivity contribution in [2.45, 2.75) is 20.0 Å². The molecule has 0 aromatic carbocycles. The first-order chi connectivity index (χ1) is 7.47. The highest BCUT2D eigenvalue weighted by Crippen LogP contribution is 1.91. The average Bonchev–Trinajstić information content (AvgIpc) is 2.16. The van der Waals surface area contributed by atoms with Crippen LogP contribution in [0.3, 0.4) is 0 Å². The van der Waals surface area contributed by atoms with Gasteiger partial charge in [-0.25, -0.2) is 10.2 Å². The average molecular weight is 229 g/mol. The smallest absolute Gasteiger partial charge is 0.323 e. The lowest BCUT2D eigenvalue weighted by Gasteiger charge is -2.23. The number of hydrogen-bond acceptors (Lipinski definition) is 5. The Morgan fingerprint density at radius 1 is 1.38 bits per heavy atom. The number of carbonyl (C=O) groups excluding carboxylic acids is 2. The van der Waals surface area contributed by atoms with Gasteiger partial charge in [0.25, 0.3) is 0 Å². The Bertz CT molecular complexity index is 267. The second-order valence-electron chi connectivity index (χ2n) is 3.21. The number of rotatable bonds is 5. The topological polar surface area (TPSA) is 85.5 Å². The van der Waals surface area contributed by atoms with E-state index >= 15 is 0 Å². The highest BCUT2D eigenvalue weighted by molar-refractivity contribution is 5.93. The molecule has 0 radical (unpaired) electrons. The van der Waals surface area contributed by atoms with Gasteiger partial charge in [0.2, 0.25) is 5.91 Å². The lowest BCUT2D eigenvalue weighted by molar-refractivity contribution is -0.117. The number of amides is 3. The van der Waals surface area contributed by atoms with Crippen molar-refractivity contribution in [1.29, 1.82) is 0 Å². The molecule has 3 amide bonds. The van der Waals surface area contributed by atoms with Crippen LogP contribution < -0.4 is 21.5 Å². The zero-order valence-electron chi connectivity index (χ0n) is 10.00. The molecule has 0 aromatic heterocycles. The summed E-state index contributed by atoms with van der Waals surface area (Å²) in [6.07, 6.45) is 3.20. The van der Waals surface area contributed by atoms with E-state index in [9.17, 15) is 9.59 Å². The van der Waals surface area contributed by atoms with Crippen LogP contribution >= 0.6 is 0 Å². The number of hydrazine groups is 1. The van der Waals surface area contributed by atoms with Crippen LogP contribution in [0, 0.1) is 0 Å². The van der Waals surface area contributed by atoms with Crippen molar-refractivity contribution in [3.63, 3.8) is 0 Å². The Hall–Kier alpha value is -1.76. The molecule has 0 fully saturated rings. The first kappa shape index (κ1) is 14.2. The molecule has 0 aromatic rings. The summed E-state index contributed by atoms with van der Waals surface area (Å²) in [5.74, 6) is -0.389. The van der Waals surface area contributed by atoms with E-state index in [1.165, 1.54) is 6.92 Å². The Morgan fingerprint density at radius 2 is 2.00 bits per heavy atom. The quantitative estimate of drug-likeness (QED) is 0.370. The van der Waals surface area contributed by atoms with E-state index < -0.39 is 6.03 Å². The maximum atomic E-state index is 11.2. The first-order valence-electron chi connectivity index (χ1n) is 4.86. The molecule has 16 heavy (non-hydrogen) atoms. The molecule has 0 saturated heterocycles. The van der Waals surface area contributed by atoms with Crippen molar-refractivity contribution in [1.82, 2.24) is 26.4 Å². The van der Waals surface area contributed by atoms with Crippen LogP contribution in [-0.2, 0) is 4.79 Å². The molecule has 0 rings (SSSR count). The van der Waals surface area contributed by atoms with E-state index in [1.807, 2.05) is 0 Å². The summed E-state index contributed by atoms with van der Waals surface area (Å²) in [6, 6.07) is -0.512. The summed E-state index contributed by atoms with van der Waals surface area (Å²) >= 11 is 0. The third kappa shape index (κ3) is 6.66. The van der Waals surface area contributed by atoms with Gasteiger partial charge in [0.15, 0.2) is 0 Å². The van der Waals surface area contributed by atoms with E-state index in [0.717, 1.165) is 0 Å². The number of carbonyl (C=O) groups is 2. The molecular weight excluding hydrogens is 210 g/mol. The Morgan fingerprint density at radius 3 is 2.50 bits per heavy atom. The molecular formula is C9H19N5O2. The summed E-state index contributed by atoms with van der Waals surface area (Å²) in [5, 5.41) is 4.72. The molecule has 0 heterocycles. The normalized spacial score (nSPS) is 12.0. The van der Waals surface area contributed by atoms with Crippen molar-refractivity contribution >= 4 is 11.9 Å². The number of nitrogens with one attached hydrogen (secondary N) is 4. The van der Waals surface area contributed by atoms with Crippen molar-refractivity contribution in [3.8, 4) is 0 Å². The van der Waals surface area contributed by atoms with Gasteiger partial charge in [-0.05, 0) is 6.92 Å². The molecule has 92 valence electrons. The molecule has 1 atom stereocenters. The largest absolute Gasteiger partial charge is 0.359 e. The van der Waals surface area contributed by atoms with Crippen molar-refractivity contribution in [3.05, 3.63) is 12.4 Å². The standard InChI is InChI=1S/C9H19N5O2/c1-7(12-9(16)13-8(2)15)14(4)6-5-11-10-3/h5-7,10-11H,1-4H3,(H2,12,13,15,16)/b6-5-. The van der Waals surface area contributed by atoms with Crippen LogP contribution in [0.25, 0.3) is 0 Å². The van der Waals surface area contributed by atoms with Gasteiger partial charge in [-0.2, -0.15) is 0 Å². The van der Waals surface area contributed by atoms with Gasteiger partial charge < -0.3 is 15.6 Å². The van der Waals surface area contributed by atoms with Crippen molar-refractivity contribution in [2.24, 2.45) is 0 Å². The third-order valence-corrected chi connectivity index (χ3v) is 1.78. The molecule has 4 N–H and O–H groups in total. The lowest BCUT2D eigenvalue weighted by Crippen LogP contribution is -2.47. The van der Waals surface area contributed by atoms with Gasteiger partial charge in [-0.3, -0.25) is 10.1 Å². The highest BCUT2D eigenvalue weighted by atomic mass is 16.2. The highest BCUT2D eigenvalue weighted by Gasteiger charge is 2.09. The third-order valence-electron chi connectivity index (χ3n) is 1.78. The Kier molecular flexibility index (Phi) is 6.69. The molecule has 7 heteroatoms. The minimum absolute atomic E-state index is 0.228. The van der Waals surface area contributed by atoms with Crippen LogP contribution in [0.4, 0.5) is 4.79 Å². The van der Waals surface area contributed by atoms with Crippen LogP contribution in [-0.4, -0.2) is 37.1 Å². The minimum atomic E-state index is -0.512. The van der Waals surface area contributed by atoms with Gasteiger partial charge in [0.05, 0.1) is 6.17 Å². The molecule has 0 saturated carbocycles. The summed E-state index contributed by atoms with van der Waals surface area (Å²) in [4.78, 5) is 23.5. The predicted octanol–water partition coefficient (Wildman–Crippen LogP) is -0.695. The molecule has 0 aliphatic heterocycles. The number of hydrogen-bond donors (Lipinski definition) is 4. The van der Waals surface area contributed by atoms with E-state index in [4.69, 9.17) is 0 Å². The molecule has 0 spiro atoms. The lowest BCUT2D eigenvalue weighted by atomic mass is 10.5. The molecule has 7 nitrogen and oxygen atoms in total. The fourth-order valence-electron chi connectivity index (χ4n) is 0.855. The van der Waals surface area contributed by atoms with Gasteiger partial charge in [0.1, 0.15) is 0 Å². The molecule has 0 aliphatic rings. The van der Waals surface area contributed by atoms with Gasteiger partial charge in [0, 0.05) is 33.4 Å². The van der Waals surface area contributed by atoms with Gasteiger partial charge in [-0.1, -0.05) is 0 Å². The van der Waals surface area contributed by atoms with Crippen LogP contribution in [0.5, 0.6) is 0 Å². The summed E-state index contributed by atoms with van der Waals surface area (Å²) in [5.41, 5.74) is 5.49. The van der Waals surface area contributed by atoms with Crippen LogP contribution in [0.1, 0.15) is 13.8 Å². The monoisotopic (exact) mass is 229 g/mol. The van der Waals surface area contributed by atoms with Crippen LogP contribution in [0.2, 0.25) is 0 Å². The Balaban J connectivity index is 3.99. The Labute approximate surface area is 95.2 Å². The molecule has 1 unspecified atom stereocenters. The van der Waals surface area contributed by atoms with E-state index in [0.29, 0.717) is 0 Å². The maximum Gasteiger partial charge on any atom is 0.323 e. The number of imide groups is 1. The summed E-state index contributed by atoms with van der Waals surface area (Å²) < 4.78 is 0. The van der Waals surface area contributed by atoms with E-state index in [-0.39, 0.29) is 12.1 Å². The van der Waals surface area contributed by atoms with E-state index in [1.54, 1.807) is 38.3 Å². The minimum Gasteiger partial charge on any atom is -0.359 e. The van der Waals surface area contributed by atoms with Gasteiger partial charge in [-0.15, -0.1) is 0 Å². The number of urea groups is 1. The SMILES string of the molecule is CNN/C=C\N(C)C(C)NC(=O)NC(C)=O. The fraction of sp³-hybridized carbons (Fsp3) is 0.556. The second kappa shape index (κ2) is 7.52. The zero-order chi connectivity index (χ0) is 12.6. The second-order valence-corrected chi connectivity index (χ2v) is 3.21. The van der Waals surface area contributed by atoms with Crippen LogP contribution in [0.15, 0.2) is 12.4 Å². The summed E-state index contributed by atoms with van der Waals surface area (Å²) in [6.45, 7) is 3.08. The van der Waals surface area contributed by atoms with Gasteiger partial charge >= 0.3 is 6.03 Å². The fourth-order valence-corrected chi connectivity index (χ4v) is 0.855. The predicted molar refractivity (Wildman–Crippen MR) is 60.9 cm³/mol. The van der Waals surface area contributed by atoms with Crippen molar-refractivity contribution < 1.29 is 9.59 Å². The molecule has 0 bridgehead atoms. The summed E-state index contributed by atoms with van der Waals surface area (Å²) in [7, 11) is 3.54. The van der Waals surface area contributed by atoms with E-state index in [2.05, 4.69) is 21.5 Å². The maximum absolute atomic E-state index is 11.2. The zero-order valence-corrected chi connectivity index (χ0v) is 10.00. The molecule has 0 aliphatic carbocycles.